The van der Waals surface area contributed by atoms with E-state index >= 15 is 0 Å². The molecule has 32 heavy (non-hydrogen) atoms. The lowest BCUT2D eigenvalue weighted by Crippen LogP contribution is -2.43. The number of amides is 2. The molecular formula is C26H35N3O2S. The molecule has 0 radical (unpaired) electrons. The molecule has 0 spiro atoms. The molecule has 6 heteroatoms. The smallest absolute Gasteiger partial charge is 0.228 e. The highest BCUT2D eigenvalue weighted by atomic mass is 32.1. The van der Waals surface area contributed by atoms with Crippen LogP contribution in [0.5, 0.6) is 0 Å². The van der Waals surface area contributed by atoms with E-state index in [4.69, 9.17) is 0 Å². The van der Waals surface area contributed by atoms with Gasteiger partial charge in [0.2, 0.25) is 11.8 Å². The number of hydrogen-bond donors (Lipinski definition) is 0. The van der Waals surface area contributed by atoms with Gasteiger partial charge in [0.1, 0.15) is 0 Å². The Kier molecular flexibility index (Phi) is 7.01. The summed E-state index contributed by atoms with van der Waals surface area (Å²) < 4.78 is 0. The maximum Gasteiger partial charge on any atom is 0.228 e. The van der Waals surface area contributed by atoms with Crippen LogP contribution in [0.4, 0.5) is 0 Å². The zero-order chi connectivity index (χ0) is 22.7. The van der Waals surface area contributed by atoms with Crippen LogP contribution in [0.15, 0.2) is 41.8 Å². The molecule has 0 bridgehead atoms. The molecule has 2 aliphatic heterocycles. The van der Waals surface area contributed by atoms with Crippen molar-refractivity contribution in [1.29, 1.82) is 0 Å². The first-order chi connectivity index (χ1) is 15.3. The SMILES string of the molecule is CC(C)(C)C(=O)N1CCCN(C(=O)CCN2CCc3sccc3[C@@H]2c2ccccc2)CC1. The first-order valence-corrected chi connectivity index (χ1v) is 12.6. The number of hydrogen-bond acceptors (Lipinski definition) is 4. The van der Waals surface area contributed by atoms with Gasteiger partial charge in [0, 0.05) is 56.0 Å². The van der Waals surface area contributed by atoms with Crippen molar-refractivity contribution in [3.8, 4) is 0 Å². The van der Waals surface area contributed by atoms with Crippen LogP contribution < -0.4 is 0 Å². The number of fused-ring (bicyclic) bond motifs is 1. The molecule has 1 saturated heterocycles. The minimum atomic E-state index is -0.375. The molecule has 2 aliphatic rings. The van der Waals surface area contributed by atoms with Gasteiger partial charge in [0.15, 0.2) is 0 Å². The first kappa shape index (κ1) is 23.0. The monoisotopic (exact) mass is 453 g/mol. The van der Waals surface area contributed by atoms with Crippen molar-refractivity contribution >= 4 is 23.2 Å². The molecule has 1 atom stereocenters. The third-order valence-corrected chi connectivity index (χ3v) is 7.57. The summed E-state index contributed by atoms with van der Waals surface area (Å²) in [5, 5.41) is 2.19. The van der Waals surface area contributed by atoms with Crippen LogP contribution in [0.2, 0.25) is 0 Å². The van der Waals surface area contributed by atoms with Crippen molar-refractivity contribution < 1.29 is 9.59 Å². The van der Waals surface area contributed by atoms with Crippen LogP contribution >= 0.6 is 11.3 Å². The van der Waals surface area contributed by atoms with Crippen LogP contribution in [0.3, 0.4) is 0 Å². The standard InChI is InChI=1S/C26H35N3O2S/c1-26(2,3)25(31)29-14-7-13-27(17-18-29)23(30)11-16-28-15-10-22-21(12-19-32-22)24(28)20-8-5-4-6-9-20/h4-6,8-9,12,19,24H,7,10-11,13-18H2,1-3H3/t24-/m0/s1. The lowest BCUT2D eigenvalue weighted by molar-refractivity contribution is -0.140. The van der Waals surface area contributed by atoms with Crippen LogP contribution in [0.1, 0.15) is 55.7 Å². The van der Waals surface area contributed by atoms with E-state index in [2.05, 4.69) is 46.7 Å². The van der Waals surface area contributed by atoms with E-state index in [1.165, 1.54) is 16.0 Å². The molecule has 0 aliphatic carbocycles. The summed E-state index contributed by atoms with van der Waals surface area (Å²) in [6.45, 7) is 10.4. The molecule has 1 fully saturated rings. The molecule has 2 aromatic rings. The van der Waals surface area contributed by atoms with Crippen LogP contribution in [0, 0.1) is 5.41 Å². The maximum absolute atomic E-state index is 13.1. The van der Waals surface area contributed by atoms with Crippen molar-refractivity contribution in [2.45, 2.75) is 46.1 Å². The van der Waals surface area contributed by atoms with E-state index in [9.17, 15) is 9.59 Å². The van der Waals surface area contributed by atoms with Gasteiger partial charge in [-0.25, -0.2) is 0 Å². The number of thiophene rings is 1. The summed E-state index contributed by atoms with van der Waals surface area (Å²) in [5.41, 5.74) is 2.32. The van der Waals surface area contributed by atoms with Crippen molar-refractivity contribution in [1.82, 2.24) is 14.7 Å². The van der Waals surface area contributed by atoms with E-state index in [0.29, 0.717) is 19.5 Å². The Balaban J connectivity index is 1.38. The summed E-state index contributed by atoms with van der Waals surface area (Å²) in [6, 6.07) is 13.1. The molecule has 0 N–H and O–H groups in total. The summed E-state index contributed by atoms with van der Waals surface area (Å²) in [6.07, 6.45) is 2.43. The molecule has 0 saturated carbocycles. The first-order valence-electron chi connectivity index (χ1n) is 11.8. The summed E-state index contributed by atoms with van der Waals surface area (Å²) >= 11 is 1.85. The number of carbonyl (C=O) groups is 2. The quantitative estimate of drug-likeness (QED) is 0.697. The van der Waals surface area contributed by atoms with Crippen LogP contribution in [-0.4, -0.2) is 65.8 Å². The average molecular weight is 454 g/mol. The van der Waals surface area contributed by atoms with Gasteiger partial charge in [-0.3, -0.25) is 14.5 Å². The Morgan fingerprint density at radius 2 is 1.69 bits per heavy atom. The lowest BCUT2D eigenvalue weighted by atomic mass is 9.93. The Morgan fingerprint density at radius 3 is 2.44 bits per heavy atom. The summed E-state index contributed by atoms with van der Waals surface area (Å²) in [4.78, 5) is 33.6. The average Bonchev–Trinajstić information content (AvgIpc) is 3.12. The molecular weight excluding hydrogens is 418 g/mol. The third-order valence-electron chi connectivity index (χ3n) is 6.57. The van der Waals surface area contributed by atoms with E-state index in [-0.39, 0.29) is 23.3 Å². The van der Waals surface area contributed by atoms with Crippen LogP contribution in [-0.2, 0) is 16.0 Å². The van der Waals surface area contributed by atoms with Gasteiger partial charge >= 0.3 is 0 Å². The fraction of sp³-hybridized carbons (Fsp3) is 0.538. The second kappa shape index (κ2) is 9.75. The highest BCUT2D eigenvalue weighted by Crippen LogP contribution is 2.37. The van der Waals surface area contributed by atoms with E-state index in [0.717, 1.165) is 39.0 Å². The second-order valence-electron chi connectivity index (χ2n) is 9.92. The Bertz CT molecular complexity index is 934. The zero-order valence-corrected chi connectivity index (χ0v) is 20.4. The Labute approximate surface area is 196 Å². The zero-order valence-electron chi connectivity index (χ0n) is 19.5. The lowest BCUT2D eigenvalue weighted by Gasteiger charge is -2.36. The van der Waals surface area contributed by atoms with Crippen molar-refractivity contribution in [2.24, 2.45) is 5.41 Å². The third kappa shape index (κ3) is 5.07. The van der Waals surface area contributed by atoms with Gasteiger partial charge in [-0.15, -0.1) is 11.3 Å². The molecule has 0 unspecified atom stereocenters. The van der Waals surface area contributed by atoms with E-state index < -0.39 is 0 Å². The molecule has 2 amide bonds. The molecule has 4 rings (SSSR count). The normalized spacial score (nSPS) is 20.0. The molecule has 1 aromatic carbocycles. The highest BCUT2D eigenvalue weighted by Gasteiger charge is 2.31. The fourth-order valence-electron chi connectivity index (χ4n) is 4.88. The minimum absolute atomic E-state index is 0.178. The van der Waals surface area contributed by atoms with Crippen molar-refractivity contribution in [3.63, 3.8) is 0 Å². The molecule has 3 heterocycles. The van der Waals surface area contributed by atoms with Crippen LogP contribution in [0.25, 0.3) is 0 Å². The van der Waals surface area contributed by atoms with Gasteiger partial charge in [0.25, 0.3) is 0 Å². The number of nitrogens with zero attached hydrogens (tertiary/aromatic N) is 3. The summed E-state index contributed by atoms with van der Waals surface area (Å²) in [7, 11) is 0. The van der Waals surface area contributed by atoms with Crippen molar-refractivity contribution in [3.05, 3.63) is 57.8 Å². The van der Waals surface area contributed by atoms with Gasteiger partial charge in [0.05, 0.1) is 6.04 Å². The number of rotatable bonds is 4. The predicted molar refractivity (Wildman–Crippen MR) is 130 cm³/mol. The molecule has 1 aromatic heterocycles. The van der Waals surface area contributed by atoms with Gasteiger partial charge < -0.3 is 9.80 Å². The Hall–Kier alpha value is -2.18. The number of carbonyl (C=O) groups excluding carboxylic acids is 2. The Morgan fingerprint density at radius 1 is 0.969 bits per heavy atom. The predicted octanol–water partition coefficient (Wildman–Crippen LogP) is 4.19. The van der Waals surface area contributed by atoms with Crippen molar-refractivity contribution in [2.75, 3.05) is 39.3 Å². The summed E-state index contributed by atoms with van der Waals surface area (Å²) in [5.74, 6) is 0.385. The fourth-order valence-corrected chi connectivity index (χ4v) is 5.78. The minimum Gasteiger partial charge on any atom is -0.341 e. The van der Waals surface area contributed by atoms with E-state index in [1.54, 1.807) is 0 Å². The van der Waals surface area contributed by atoms with Gasteiger partial charge in [-0.2, -0.15) is 0 Å². The highest BCUT2D eigenvalue weighted by molar-refractivity contribution is 7.10. The number of benzene rings is 1. The molecule has 5 nitrogen and oxygen atoms in total. The maximum atomic E-state index is 13.1. The van der Waals surface area contributed by atoms with E-state index in [1.807, 2.05) is 41.9 Å². The largest absolute Gasteiger partial charge is 0.341 e. The topological polar surface area (TPSA) is 43.9 Å². The van der Waals surface area contributed by atoms with Gasteiger partial charge in [-0.1, -0.05) is 51.1 Å². The second-order valence-corrected chi connectivity index (χ2v) is 10.9. The van der Waals surface area contributed by atoms with Gasteiger partial charge in [-0.05, 0) is 35.4 Å². The molecule has 172 valence electrons.